The second-order valence-electron chi connectivity index (χ2n) is 6.96. The van der Waals surface area contributed by atoms with Gasteiger partial charge in [-0.05, 0) is 35.4 Å². The lowest BCUT2D eigenvalue weighted by atomic mass is 9.99. The van der Waals surface area contributed by atoms with Gasteiger partial charge in [0.05, 0.1) is 22.8 Å². The van der Waals surface area contributed by atoms with E-state index in [1.807, 2.05) is 30.3 Å². The van der Waals surface area contributed by atoms with Gasteiger partial charge in [0.25, 0.3) is 0 Å². The summed E-state index contributed by atoms with van der Waals surface area (Å²) in [6, 6.07) is 17.6. The molecule has 4 aromatic rings. The molecule has 1 aliphatic heterocycles. The molecule has 7 heteroatoms. The van der Waals surface area contributed by atoms with E-state index in [0.717, 1.165) is 11.1 Å². The molecule has 3 aromatic carbocycles. The number of hydrogen-bond donors (Lipinski definition) is 0. The highest BCUT2D eigenvalue weighted by Gasteiger charge is 2.27. The fourth-order valence-electron chi connectivity index (χ4n) is 3.74. The van der Waals surface area contributed by atoms with Crippen molar-refractivity contribution in [3.63, 3.8) is 0 Å². The van der Waals surface area contributed by atoms with E-state index < -0.39 is 5.63 Å². The van der Waals surface area contributed by atoms with Crippen LogP contribution >= 0.6 is 27.5 Å². The van der Waals surface area contributed by atoms with Crippen LogP contribution < -0.4 is 15.3 Å². The molecule has 0 amide bonds. The third kappa shape index (κ3) is 3.26. The van der Waals surface area contributed by atoms with Crippen molar-refractivity contribution >= 4 is 44.2 Å². The highest BCUT2D eigenvalue weighted by Crippen LogP contribution is 2.42. The lowest BCUT2D eigenvalue weighted by Crippen LogP contribution is -2.33. The zero-order chi connectivity index (χ0) is 20.8. The Morgan fingerprint density at radius 2 is 1.87 bits per heavy atom. The van der Waals surface area contributed by atoms with Crippen LogP contribution in [0.15, 0.2) is 74.3 Å². The highest BCUT2D eigenvalue weighted by atomic mass is 79.9. The maximum atomic E-state index is 14.5. The summed E-state index contributed by atoms with van der Waals surface area (Å²) in [6.07, 6.45) is 0. The minimum Gasteiger partial charge on any atom is -0.471 e. The van der Waals surface area contributed by atoms with E-state index in [0.29, 0.717) is 37.5 Å². The van der Waals surface area contributed by atoms with Crippen LogP contribution in [0.4, 0.5) is 10.1 Å². The molecule has 0 saturated heterocycles. The van der Waals surface area contributed by atoms with Crippen LogP contribution in [0.2, 0.25) is 5.02 Å². The summed E-state index contributed by atoms with van der Waals surface area (Å²) in [5, 5.41) is 1.12. The SMILES string of the molecule is O=c1cc(-c2ccccc2)c2cc(Cl)c3c(c2o1)CN(c1ccc(Br)cc1F)CO3. The summed E-state index contributed by atoms with van der Waals surface area (Å²) in [5.74, 6) is 0.0699. The predicted octanol–water partition coefficient (Wildman–Crippen LogP) is 6.37. The minimum atomic E-state index is -0.474. The van der Waals surface area contributed by atoms with Crippen molar-refractivity contribution in [2.24, 2.45) is 0 Å². The number of hydrogen-bond acceptors (Lipinski definition) is 4. The quantitative estimate of drug-likeness (QED) is 0.309. The van der Waals surface area contributed by atoms with Gasteiger partial charge in [-0.25, -0.2) is 9.18 Å². The van der Waals surface area contributed by atoms with Gasteiger partial charge < -0.3 is 14.1 Å². The zero-order valence-electron chi connectivity index (χ0n) is 15.5. The summed E-state index contributed by atoms with van der Waals surface area (Å²) in [6.45, 7) is 0.408. The molecular weight excluding hydrogens is 473 g/mol. The second-order valence-corrected chi connectivity index (χ2v) is 8.28. The van der Waals surface area contributed by atoms with Crippen LogP contribution in [0.5, 0.6) is 5.75 Å². The standard InChI is InChI=1S/C23H14BrClFNO3/c24-14-6-7-20(19(26)8-14)27-11-17-22-16(9-18(25)23(17)29-12-27)15(10-21(28)30-22)13-4-2-1-3-5-13/h1-10H,11-12H2. The summed E-state index contributed by atoms with van der Waals surface area (Å²) in [5.41, 5.74) is 2.51. The molecule has 1 aliphatic rings. The minimum absolute atomic E-state index is 0.124. The summed E-state index contributed by atoms with van der Waals surface area (Å²) < 4.78 is 26.6. The predicted molar refractivity (Wildman–Crippen MR) is 119 cm³/mol. The number of benzene rings is 3. The van der Waals surface area contributed by atoms with Gasteiger partial charge in [-0.15, -0.1) is 0 Å². The Labute approximate surface area is 184 Å². The number of nitrogens with zero attached hydrogens (tertiary/aromatic N) is 1. The Bertz CT molecular complexity index is 1340. The topological polar surface area (TPSA) is 42.7 Å². The fourth-order valence-corrected chi connectivity index (χ4v) is 4.35. The molecule has 0 radical (unpaired) electrons. The number of rotatable bonds is 2. The average Bonchev–Trinajstić information content (AvgIpc) is 2.74. The van der Waals surface area contributed by atoms with Gasteiger partial charge in [0.2, 0.25) is 0 Å². The lowest BCUT2D eigenvalue weighted by Gasteiger charge is -2.31. The van der Waals surface area contributed by atoms with Gasteiger partial charge in [0.1, 0.15) is 17.1 Å². The Hall–Kier alpha value is -2.83. The van der Waals surface area contributed by atoms with Gasteiger partial charge in [-0.1, -0.05) is 57.9 Å². The van der Waals surface area contributed by atoms with Crippen molar-refractivity contribution in [2.45, 2.75) is 6.54 Å². The molecule has 0 N–H and O–H groups in total. The monoisotopic (exact) mass is 485 g/mol. The molecular formula is C23H14BrClFNO3. The van der Waals surface area contributed by atoms with Crippen LogP contribution in [0.1, 0.15) is 5.56 Å². The van der Waals surface area contributed by atoms with Crippen molar-refractivity contribution in [1.82, 2.24) is 0 Å². The number of anilines is 1. The molecule has 150 valence electrons. The Morgan fingerprint density at radius 1 is 1.07 bits per heavy atom. The molecule has 0 saturated carbocycles. The molecule has 0 unspecified atom stereocenters. The maximum absolute atomic E-state index is 14.5. The third-order valence-electron chi connectivity index (χ3n) is 5.08. The molecule has 0 fully saturated rings. The molecule has 5 rings (SSSR count). The first kappa shape index (κ1) is 19.2. The van der Waals surface area contributed by atoms with Gasteiger partial charge in [-0.3, -0.25) is 0 Å². The number of ether oxygens (including phenoxy) is 1. The molecule has 0 aliphatic carbocycles. The van der Waals surface area contributed by atoms with Crippen LogP contribution in [0, 0.1) is 5.82 Å². The van der Waals surface area contributed by atoms with E-state index >= 15 is 0 Å². The van der Waals surface area contributed by atoms with Crippen molar-refractivity contribution in [3.8, 4) is 16.9 Å². The average molecular weight is 487 g/mol. The van der Waals surface area contributed by atoms with E-state index in [1.54, 1.807) is 23.1 Å². The normalized spacial score (nSPS) is 13.2. The lowest BCUT2D eigenvalue weighted by molar-refractivity contribution is 0.287. The molecule has 0 bridgehead atoms. The summed E-state index contributed by atoms with van der Waals surface area (Å²) >= 11 is 9.79. The van der Waals surface area contributed by atoms with E-state index in [-0.39, 0.29) is 19.1 Å². The first-order valence-corrected chi connectivity index (χ1v) is 10.4. The summed E-state index contributed by atoms with van der Waals surface area (Å²) in [7, 11) is 0. The summed E-state index contributed by atoms with van der Waals surface area (Å²) in [4.78, 5) is 14.1. The van der Waals surface area contributed by atoms with Crippen molar-refractivity contribution < 1.29 is 13.5 Å². The highest BCUT2D eigenvalue weighted by molar-refractivity contribution is 9.10. The van der Waals surface area contributed by atoms with Gasteiger partial charge in [0.15, 0.2) is 6.73 Å². The Kier molecular flexibility index (Phi) is 4.76. The fraction of sp³-hybridized carbons (Fsp3) is 0.0870. The molecule has 0 spiro atoms. The second kappa shape index (κ2) is 7.45. The Balaban J connectivity index is 1.70. The Morgan fingerprint density at radius 3 is 2.63 bits per heavy atom. The molecule has 2 heterocycles. The van der Waals surface area contributed by atoms with E-state index in [9.17, 15) is 9.18 Å². The van der Waals surface area contributed by atoms with Gasteiger partial charge in [-0.2, -0.15) is 0 Å². The van der Waals surface area contributed by atoms with Crippen molar-refractivity contribution in [3.05, 3.63) is 92.0 Å². The third-order valence-corrected chi connectivity index (χ3v) is 5.86. The zero-order valence-corrected chi connectivity index (χ0v) is 17.8. The van der Waals surface area contributed by atoms with Crippen molar-refractivity contribution in [1.29, 1.82) is 0 Å². The molecule has 1 aromatic heterocycles. The first-order chi connectivity index (χ1) is 14.5. The van der Waals surface area contributed by atoms with E-state index in [1.165, 1.54) is 12.1 Å². The number of halogens is 3. The maximum Gasteiger partial charge on any atom is 0.336 e. The van der Waals surface area contributed by atoms with Crippen LogP contribution in [0.25, 0.3) is 22.1 Å². The molecule has 0 atom stereocenters. The smallest absolute Gasteiger partial charge is 0.336 e. The van der Waals surface area contributed by atoms with Crippen molar-refractivity contribution in [2.75, 3.05) is 11.6 Å². The van der Waals surface area contributed by atoms with Crippen LogP contribution in [-0.2, 0) is 6.54 Å². The molecule has 4 nitrogen and oxygen atoms in total. The molecule has 30 heavy (non-hydrogen) atoms. The van der Waals surface area contributed by atoms with Gasteiger partial charge >= 0.3 is 5.63 Å². The van der Waals surface area contributed by atoms with Gasteiger partial charge in [0, 0.05) is 15.9 Å². The number of fused-ring (bicyclic) bond motifs is 3. The van der Waals surface area contributed by atoms with E-state index in [4.69, 9.17) is 20.8 Å². The first-order valence-electron chi connectivity index (χ1n) is 9.19. The van der Waals surface area contributed by atoms with Crippen LogP contribution in [-0.4, -0.2) is 6.73 Å². The van der Waals surface area contributed by atoms with E-state index in [2.05, 4.69) is 15.9 Å². The largest absolute Gasteiger partial charge is 0.471 e. The van der Waals surface area contributed by atoms with Crippen LogP contribution in [0.3, 0.4) is 0 Å².